The van der Waals surface area contributed by atoms with Gasteiger partial charge in [-0.1, -0.05) is 6.07 Å². The second-order valence-electron chi connectivity index (χ2n) is 7.96. The van der Waals surface area contributed by atoms with E-state index in [0.29, 0.717) is 24.3 Å². The summed E-state index contributed by atoms with van der Waals surface area (Å²) in [5, 5.41) is 5.05. The Morgan fingerprint density at radius 3 is 2.61 bits per heavy atom. The highest BCUT2D eigenvalue weighted by atomic mass is 32.2. The number of hydrogen-bond donors (Lipinski definition) is 2. The number of likely N-dealkylation sites (N-methyl/N-ethyl adjacent to an activating group) is 1. The molecule has 2 aliphatic heterocycles. The molecule has 2 fully saturated rings. The first-order valence-corrected chi connectivity index (χ1v) is 12.9. The van der Waals surface area contributed by atoms with Crippen molar-refractivity contribution >= 4 is 38.6 Å². The molecule has 0 saturated carbocycles. The predicted molar refractivity (Wildman–Crippen MR) is 125 cm³/mol. The molecule has 1 aromatic heterocycles. The Hall–Kier alpha value is -2.14. The van der Waals surface area contributed by atoms with Crippen LogP contribution < -0.4 is 14.9 Å². The van der Waals surface area contributed by atoms with Crippen LogP contribution in [0.5, 0.6) is 0 Å². The number of nitrogens with one attached hydrogen (secondary N) is 2. The van der Waals surface area contributed by atoms with Crippen molar-refractivity contribution in [2.45, 2.75) is 10.6 Å². The summed E-state index contributed by atoms with van der Waals surface area (Å²) >= 11 is 1.17. The molecule has 10 heteroatoms. The van der Waals surface area contributed by atoms with E-state index in [-0.39, 0.29) is 10.1 Å². The van der Waals surface area contributed by atoms with Gasteiger partial charge in [-0.05, 0) is 49.7 Å². The first-order chi connectivity index (χ1) is 14.9. The van der Waals surface area contributed by atoms with Crippen LogP contribution in [0.2, 0.25) is 0 Å². The molecule has 2 saturated heterocycles. The van der Waals surface area contributed by atoms with Crippen molar-refractivity contribution < 1.29 is 13.2 Å². The first kappa shape index (κ1) is 22.1. The average Bonchev–Trinajstić information content (AvgIpc) is 3.24. The number of piperazine rings is 1. The van der Waals surface area contributed by atoms with Crippen LogP contribution in [-0.4, -0.2) is 83.5 Å². The Bertz CT molecular complexity index is 1000. The number of hydrogen-bond acceptors (Lipinski definition) is 7. The van der Waals surface area contributed by atoms with Crippen molar-refractivity contribution in [3.8, 4) is 0 Å². The van der Waals surface area contributed by atoms with Crippen molar-refractivity contribution in [2.24, 2.45) is 0 Å². The molecule has 2 aliphatic rings. The van der Waals surface area contributed by atoms with Gasteiger partial charge in [-0.2, -0.15) is 0 Å². The number of anilines is 2. The Morgan fingerprint density at radius 1 is 1.06 bits per heavy atom. The second kappa shape index (κ2) is 9.56. The van der Waals surface area contributed by atoms with Crippen molar-refractivity contribution in [3.63, 3.8) is 0 Å². The van der Waals surface area contributed by atoms with E-state index in [4.69, 9.17) is 0 Å². The van der Waals surface area contributed by atoms with Crippen LogP contribution >= 0.6 is 11.3 Å². The zero-order valence-electron chi connectivity index (χ0n) is 17.7. The number of benzene rings is 1. The summed E-state index contributed by atoms with van der Waals surface area (Å²) in [4.78, 5) is 19.4. The highest BCUT2D eigenvalue weighted by Crippen LogP contribution is 2.31. The van der Waals surface area contributed by atoms with Crippen LogP contribution in [-0.2, 0) is 10.0 Å². The molecule has 2 N–H and O–H groups in total. The minimum absolute atomic E-state index is 0.0567. The summed E-state index contributed by atoms with van der Waals surface area (Å²) in [6, 6.07) is 8.68. The van der Waals surface area contributed by atoms with E-state index in [1.165, 1.54) is 11.3 Å². The highest BCUT2D eigenvalue weighted by Gasteiger charge is 2.24. The average molecular weight is 464 g/mol. The molecule has 1 amide bonds. The fourth-order valence-electron chi connectivity index (χ4n) is 3.98. The van der Waals surface area contributed by atoms with Gasteiger partial charge < -0.3 is 20.0 Å². The van der Waals surface area contributed by atoms with E-state index >= 15 is 0 Å². The van der Waals surface area contributed by atoms with Crippen molar-refractivity contribution in [1.82, 2.24) is 15.1 Å². The largest absolute Gasteiger partial charge is 0.367 e. The molecule has 0 spiro atoms. The van der Waals surface area contributed by atoms with E-state index in [9.17, 15) is 13.2 Å². The van der Waals surface area contributed by atoms with Crippen LogP contribution in [0.4, 0.5) is 11.4 Å². The predicted octanol–water partition coefficient (Wildman–Crippen LogP) is 1.74. The number of carbonyl (C=O) groups excluding carboxylic acids is 1. The fourth-order valence-corrected chi connectivity index (χ4v) is 6.03. The van der Waals surface area contributed by atoms with Crippen molar-refractivity contribution in [3.05, 3.63) is 41.3 Å². The lowest BCUT2D eigenvalue weighted by Gasteiger charge is -2.31. The monoisotopic (exact) mass is 463 g/mol. The van der Waals surface area contributed by atoms with Gasteiger partial charge >= 0.3 is 0 Å². The normalized spacial score (nSPS) is 18.6. The van der Waals surface area contributed by atoms with Gasteiger partial charge in [0.2, 0.25) is 0 Å². The molecule has 0 atom stereocenters. The maximum atomic E-state index is 13.2. The molecule has 1 aromatic carbocycles. The summed E-state index contributed by atoms with van der Waals surface area (Å²) in [5.41, 5.74) is 1.76. The van der Waals surface area contributed by atoms with E-state index in [1.807, 2.05) is 17.0 Å². The summed E-state index contributed by atoms with van der Waals surface area (Å²) in [6.07, 6.45) is 0.930. The van der Waals surface area contributed by atoms with Crippen LogP contribution in [0, 0.1) is 0 Å². The smallest absolute Gasteiger partial charge is 0.271 e. The molecule has 168 valence electrons. The summed E-state index contributed by atoms with van der Waals surface area (Å²) in [7, 11) is -1.65. The van der Waals surface area contributed by atoms with Crippen LogP contribution in [0.3, 0.4) is 0 Å². The lowest BCUT2D eigenvalue weighted by molar-refractivity contribution is 0.0763. The molecule has 0 radical (unpaired) electrons. The Balaban J connectivity index is 1.65. The van der Waals surface area contributed by atoms with Crippen molar-refractivity contribution in [2.75, 3.05) is 69.0 Å². The van der Waals surface area contributed by atoms with Crippen LogP contribution in [0.1, 0.15) is 16.8 Å². The second-order valence-corrected chi connectivity index (χ2v) is 10.8. The van der Waals surface area contributed by atoms with Gasteiger partial charge in [0.1, 0.15) is 4.21 Å². The highest BCUT2D eigenvalue weighted by molar-refractivity contribution is 7.94. The fraction of sp³-hybridized carbons (Fsp3) is 0.476. The van der Waals surface area contributed by atoms with E-state index < -0.39 is 10.0 Å². The Labute approximate surface area is 187 Å². The molecule has 8 nitrogen and oxygen atoms in total. The number of rotatable bonds is 5. The number of thiophene rings is 1. The van der Waals surface area contributed by atoms with Gasteiger partial charge in [-0.25, -0.2) is 8.42 Å². The number of nitrogens with zero attached hydrogens (tertiary/aromatic N) is 3. The van der Waals surface area contributed by atoms with Gasteiger partial charge in [-0.15, -0.1) is 11.3 Å². The summed E-state index contributed by atoms with van der Waals surface area (Å²) < 4.78 is 28.9. The van der Waals surface area contributed by atoms with Crippen molar-refractivity contribution in [1.29, 1.82) is 0 Å². The van der Waals surface area contributed by atoms with Gasteiger partial charge in [0.25, 0.3) is 15.9 Å². The van der Waals surface area contributed by atoms with Crippen LogP contribution in [0.25, 0.3) is 0 Å². The third kappa shape index (κ3) is 5.20. The Morgan fingerprint density at radius 2 is 1.87 bits per heavy atom. The lowest BCUT2D eigenvalue weighted by atomic mass is 10.1. The maximum Gasteiger partial charge on any atom is 0.271 e. The van der Waals surface area contributed by atoms with Gasteiger partial charge in [0, 0.05) is 51.4 Å². The number of sulfonamides is 1. The molecule has 0 unspecified atom stereocenters. The zero-order valence-corrected chi connectivity index (χ0v) is 19.3. The standard InChI is InChI=1S/C21H29N5O3S2/c1-24-9-3-10-26(14-13-24)21(27)17-5-6-19(25-11-7-22-8-12-25)18(16-17)23-31(28,29)20-4-2-15-30-20/h2,4-6,15-16,22-23H,3,7-14H2,1H3. The molecular formula is C21H29N5O3S2. The Kier molecular flexibility index (Phi) is 6.80. The molecule has 31 heavy (non-hydrogen) atoms. The molecule has 0 bridgehead atoms. The first-order valence-electron chi connectivity index (χ1n) is 10.6. The summed E-state index contributed by atoms with van der Waals surface area (Å²) in [5.74, 6) is -0.0567. The molecule has 3 heterocycles. The third-order valence-electron chi connectivity index (χ3n) is 5.71. The quantitative estimate of drug-likeness (QED) is 0.703. The maximum absolute atomic E-state index is 13.2. The SMILES string of the molecule is CN1CCCN(C(=O)c2ccc(N3CCNCC3)c(NS(=O)(=O)c3cccs3)c2)CC1. The number of amides is 1. The topological polar surface area (TPSA) is 85.0 Å². The van der Waals surface area contributed by atoms with Crippen LogP contribution in [0.15, 0.2) is 39.9 Å². The molecule has 4 rings (SSSR count). The molecule has 2 aromatic rings. The third-order valence-corrected chi connectivity index (χ3v) is 8.48. The minimum Gasteiger partial charge on any atom is -0.367 e. The van der Waals surface area contributed by atoms with E-state index in [0.717, 1.165) is 51.4 Å². The number of carbonyl (C=O) groups is 1. The van der Waals surface area contributed by atoms with Gasteiger partial charge in [-0.3, -0.25) is 9.52 Å². The zero-order chi connectivity index (χ0) is 21.8. The van der Waals surface area contributed by atoms with E-state index in [2.05, 4.69) is 26.9 Å². The molecular weight excluding hydrogens is 434 g/mol. The lowest BCUT2D eigenvalue weighted by Crippen LogP contribution is -2.43. The van der Waals surface area contributed by atoms with Gasteiger partial charge in [0.15, 0.2) is 0 Å². The summed E-state index contributed by atoms with van der Waals surface area (Å²) in [6.45, 7) is 6.40. The minimum atomic E-state index is -3.72. The van der Waals surface area contributed by atoms with Gasteiger partial charge in [0.05, 0.1) is 11.4 Å². The van der Waals surface area contributed by atoms with E-state index in [1.54, 1.807) is 23.6 Å². The molecule has 0 aliphatic carbocycles.